The zero-order valence-corrected chi connectivity index (χ0v) is 22.0. The molecular formula is C29H32FN5O3. The molecule has 2 unspecified atom stereocenters. The van der Waals surface area contributed by atoms with Crippen LogP contribution in [0.25, 0.3) is 22.0 Å². The molecule has 0 saturated carbocycles. The van der Waals surface area contributed by atoms with Crippen LogP contribution in [0.1, 0.15) is 35.5 Å². The number of carbonyl (C=O) groups excluding carboxylic acids is 1. The van der Waals surface area contributed by atoms with Gasteiger partial charge in [-0.2, -0.15) is 5.10 Å². The number of halogens is 1. The Labute approximate surface area is 221 Å². The summed E-state index contributed by atoms with van der Waals surface area (Å²) in [6, 6.07) is 9.92. The number of fused-ring (bicyclic) bond motifs is 2. The zero-order valence-electron chi connectivity index (χ0n) is 22.0. The Bertz CT molecular complexity index is 1490. The highest BCUT2D eigenvalue weighted by Crippen LogP contribution is 2.35. The minimum atomic E-state index is -0.979. The van der Waals surface area contributed by atoms with Gasteiger partial charge in [-0.1, -0.05) is 18.2 Å². The minimum absolute atomic E-state index is 0.231. The molecular weight excluding hydrogens is 485 g/mol. The smallest absolute Gasteiger partial charge is 0.337 e. The third kappa shape index (κ3) is 4.24. The van der Waals surface area contributed by atoms with Gasteiger partial charge in [0, 0.05) is 42.5 Å². The predicted octanol–water partition coefficient (Wildman–Crippen LogP) is 4.40. The Kier molecular flexibility index (Phi) is 6.39. The molecule has 2 aromatic heterocycles. The maximum absolute atomic E-state index is 14.2. The van der Waals surface area contributed by atoms with Crippen LogP contribution in [-0.2, 0) is 27.2 Å². The van der Waals surface area contributed by atoms with Crippen molar-refractivity contribution in [2.24, 2.45) is 0 Å². The van der Waals surface area contributed by atoms with Gasteiger partial charge < -0.3 is 18.9 Å². The lowest BCUT2D eigenvalue weighted by Gasteiger charge is -2.29. The number of morpholine rings is 1. The number of aromatic nitrogens is 4. The van der Waals surface area contributed by atoms with Gasteiger partial charge in [-0.05, 0) is 55.2 Å². The minimum Gasteiger partial charge on any atom is -0.464 e. The highest BCUT2D eigenvalue weighted by molar-refractivity contribution is 5.92. The van der Waals surface area contributed by atoms with Crippen LogP contribution in [0.5, 0.6) is 0 Å². The summed E-state index contributed by atoms with van der Waals surface area (Å²) in [5.74, 6) is -0.446. The Balaban J connectivity index is 1.39. The van der Waals surface area contributed by atoms with Gasteiger partial charge in [0.1, 0.15) is 6.17 Å². The number of aryl methyl sites for hydroxylation is 2. The summed E-state index contributed by atoms with van der Waals surface area (Å²) < 4.78 is 28.5. The number of hydrogen-bond donors (Lipinski definition) is 0. The molecule has 6 rings (SSSR count). The van der Waals surface area contributed by atoms with E-state index < -0.39 is 18.2 Å². The van der Waals surface area contributed by atoms with E-state index >= 15 is 0 Å². The van der Waals surface area contributed by atoms with E-state index in [1.54, 1.807) is 22.5 Å². The first kappa shape index (κ1) is 24.6. The number of imidazole rings is 1. The van der Waals surface area contributed by atoms with Crippen LogP contribution in [-0.4, -0.2) is 64.4 Å². The molecule has 1 fully saturated rings. The van der Waals surface area contributed by atoms with Crippen LogP contribution in [0.2, 0.25) is 0 Å². The number of alkyl halides is 1. The zero-order chi connectivity index (χ0) is 26.4. The molecule has 2 aromatic carbocycles. The molecule has 0 N–H and O–H groups in total. The summed E-state index contributed by atoms with van der Waals surface area (Å²) in [5.41, 5.74) is 7.56. The Morgan fingerprint density at radius 1 is 1.21 bits per heavy atom. The van der Waals surface area contributed by atoms with Gasteiger partial charge in [-0.25, -0.2) is 14.2 Å². The van der Waals surface area contributed by atoms with Crippen LogP contribution < -0.4 is 4.90 Å². The number of ether oxygens (including phenoxy) is 2. The standard InChI is InChI=1S/C29H32FN5O3/c1-4-38-29(36)28(27-25-14-21(30)15-34(25)17-31-27)35-16-24-18(2)13-23(19(3)26(24)32-35)20-5-7-22(8-6-20)33-9-11-37-12-10-33/h5-8,13,16-17,21,28H,4,9-12,14-15H2,1-3H3. The van der Waals surface area contributed by atoms with Crippen molar-refractivity contribution in [3.05, 3.63) is 65.4 Å². The van der Waals surface area contributed by atoms with Crippen LogP contribution in [0.4, 0.5) is 10.1 Å². The summed E-state index contributed by atoms with van der Waals surface area (Å²) in [6.45, 7) is 9.68. The first-order chi connectivity index (χ1) is 18.4. The summed E-state index contributed by atoms with van der Waals surface area (Å²) in [6.07, 6.45) is 2.75. The number of anilines is 1. The molecule has 8 nitrogen and oxygen atoms in total. The lowest BCUT2D eigenvalue weighted by molar-refractivity contribution is -0.146. The third-order valence-corrected chi connectivity index (χ3v) is 7.65. The summed E-state index contributed by atoms with van der Waals surface area (Å²) in [4.78, 5) is 20.0. The van der Waals surface area contributed by atoms with Gasteiger partial charge in [-0.3, -0.25) is 4.68 Å². The van der Waals surface area contributed by atoms with Crippen LogP contribution in [0.3, 0.4) is 0 Å². The van der Waals surface area contributed by atoms with Crippen molar-refractivity contribution in [1.82, 2.24) is 19.3 Å². The molecule has 0 aliphatic carbocycles. The average Bonchev–Trinajstić information content (AvgIpc) is 3.63. The second-order valence-electron chi connectivity index (χ2n) is 10.1. The highest BCUT2D eigenvalue weighted by atomic mass is 19.1. The van der Waals surface area contributed by atoms with Gasteiger partial charge in [0.15, 0.2) is 6.04 Å². The fourth-order valence-electron chi connectivity index (χ4n) is 5.68. The first-order valence-electron chi connectivity index (χ1n) is 13.2. The normalized spacial score (nSPS) is 18.1. The van der Waals surface area contributed by atoms with E-state index in [1.807, 2.05) is 6.20 Å². The Hall–Kier alpha value is -3.72. The molecule has 2 aliphatic rings. The number of rotatable bonds is 6. The maximum atomic E-state index is 14.2. The Morgan fingerprint density at radius 2 is 1.97 bits per heavy atom. The van der Waals surface area contributed by atoms with Gasteiger partial charge in [0.05, 0.1) is 43.9 Å². The van der Waals surface area contributed by atoms with Crippen molar-refractivity contribution in [3.63, 3.8) is 0 Å². The Morgan fingerprint density at radius 3 is 2.71 bits per heavy atom. The highest BCUT2D eigenvalue weighted by Gasteiger charge is 2.35. The largest absolute Gasteiger partial charge is 0.464 e. The van der Waals surface area contributed by atoms with Gasteiger partial charge in [0.25, 0.3) is 0 Å². The molecule has 0 radical (unpaired) electrons. The van der Waals surface area contributed by atoms with E-state index in [0.29, 0.717) is 5.69 Å². The van der Waals surface area contributed by atoms with Crippen molar-refractivity contribution in [3.8, 4) is 11.1 Å². The first-order valence-corrected chi connectivity index (χ1v) is 13.2. The van der Waals surface area contributed by atoms with Crippen molar-refractivity contribution in [2.45, 2.75) is 46.0 Å². The van der Waals surface area contributed by atoms with Crippen LogP contribution in [0.15, 0.2) is 42.9 Å². The second kappa shape index (κ2) is 9.87. The number of esters is 1. The maximum Gasteiger partial charge on any atom is 0.337 e. The molecule has 0 bridgehead atoms. The third-order valence-electron chi connectivity index (χ3n) is 7.65. The van der Waals surface area contributed by atoms with E-state index in [4.69, 9.17) is 14.6 Å². The SMILES string of the molecule is CCOC(=O)C(c1ncn2c1CC(F)C2)n1cc2c(C)cc(-c3ccc(N4CCOCC4)cc3)c(C)c2n1. The van der Waals surface area contributed by atoms with Gasteiger partial charge in [-0.15, -0.1) is 0 Å². The molecule has 4 aromatic rings. The lowest BCUT2D eigenvalue weighted by atomic mass is 9.95. The fraction of sp³-hybridized carbons (Fsp3) is 0.414. The van der Waals surface area contributed by atoms with Crippen molar-refractivity contribution < 1.29 is 18.7 Å². The van der Waals surface area contributed by atoms with Crippen LogP contribution >= 0.6 is 0 Å². The summed E-state index contributed by atoms with van der Waals surface area (Å²) in [5, 5.41) is 5.87. The quantitative estimate of drug-likeness (QED) is 0.353. The lowest BCUT2D eigenvalue weighted by Crippen LogP contribution is -2.36. The molecule has 38 heavy (non-hydrogen) atoms. The molecule has 0 spiro atoms. The summed E-state index contributed by atoms with van der Waals surface area (Å²) >= 11 is 0. The molecule has 0 amide bonds. The number of carbonyl (C=O) groups is 1. The fourth-order valence-corrected chi connectivity index (χ4v) is 5.68. The van der Waals surface area contributed by atoms with E-state index in [0.717, 1.165) is 65.2 Å². The molecule has 4 heterocycles. The molecule has 9 heteroatoms. The predicted molar refractivity (Wildman–Crippen MR) is 143 cm³/mol. The topological polar surface area (TPSA) is 74.4 Å². The average molecular weight is 518 g/mol. The number of benzene rings is 2. The second-order valence-corrected chi connectivity index (χ2v) is 10.1. The van der Waals surface area contributed by atoms with Crippen molar-refractivity contribution in [2.75, 3.05) is 37.8 Å². The number of hydrogen-bond acceptors (Lipinski definition) is 6. The molecule has 2 atom stereocenters. The van der Waals surface area contributed by atoms with E-state index in [2.05, 4.69) is 54.1 Å². The van der Waals surface area contributed by atoms with Crippen LogP contribution in [0, 0.1) is 13.8 Å². The van der Waals surface area contributed by atoms with Crippen molar-refractivity contribution >= 4 is 22.6 Å². The van der Waals surface area contributed by atoms with E-state index in [1.165, 1.54) is 5.69 Å². The van der Waals surface area contributed by atoms with Gasteiger partial charge in [0.2, 0.25) is 0 Å². The van der Waals surface area contributed by atoms with Gasteiger partial charge >= 0.3 is 5.97 Å². The van der Waals surface area contributed by atoms with Crippen molar-refractivity contribution in [1.29, 1.82) is 0 Å². The summed E-state index contributed by atoms with van der Waals surface area (Å²) in [7, 11) is 0. The van der Waals surface area contributed by atoms with E-state index in [-0.39, 0.29) is 19.6 Å². The number of nitrogens with zero attached hydrogens (tertiary/aromatic N) is 5. The molecule has 2 aliphatic heterocycles. The van der Waals surface area contributed by atoms with E-state index in [9.17, 15) is 9.18 Å². The monoisotopic (exact) mass is 517 g/mol. The molecule has 1 saturated heterocycles. The molecule has 198 valence electrons.